The van der Waals surface area contributed by atoms with E-state index in [0.717, 1.165) is 5.82 Å². The van der Waals surface area contributed by atoms with Gasteiger partial charge in [0.15, 0.2) is 0 Å². The Kier molecular flexibility index (Phi) is 6.05. The summed E-state index contributed by atoms with van der Waals surface area (Å²) in [7, 11) is 0. The fraction of sp³-hybridized carbons (Fsp3) is 0.182. The van der Waals surface area contributed by atoms with Crippen LogP contribution in [0.1, 0.15) is 28.4 Å². The van der Waals surface area contributed by atoms with Crippen LogP contribution >= 0.6 is 0 Å². The molecule has 2 N–H and O–H groups in total. The Bertz CT molecular complexity index is 907. The lowest BCUT2D eigenvalue weighted by atomic mass is 10.1. The van der Waals surface area contributed by atoms with Crippen LogP contribution in [0.15, 0.2) is 66.9 Å². The maximum atomic E-state index is 12.5. The van der Waals surface area contributed by atoms with Gasteiger partial charge >= 0.3 is 0 Å². The average molecular weight is 361 g/mol. The van der Waals surface area contributed by atoms with E-state index in [1.807, 2.05) is 49.4 Å². The predicted molar refractivity (Wildman–Crippen MR) is 108 cm³/mol. The van der Waals surface area contributed by atoms with Gasteiger partial charge in [0.2, 0.25) is 0 Å². The van der Waals surface area contributed by atoms with Crippen LogP contribution in [0, 0.1) is 6.92 Å². The first kappa shape index (κ1) is 18.5. The van der Waals surface area contributed by atoms with Crippen molar-refractivity contribution in [3.05, 3.63) is 83.6 Å². The van der Waals surface area contributed by atoms with Crippen LogP contribution in [0.5, 0.6) is 5.75 Å². The maximum absolute atomic E-state index is 12.5. The first-order chi connectivity index (χ1) is 13.2. The third-order valence-electron chi connectivity index (χ3n) is 4.18. The van der Waals surface area contributed by atoms with Crippen molar-refractivity contribution in [2.24, 2.45) is 0 Å². The van der Waals surface area contributed by atoms with E-state index < -0.39 is 0 Å². The molecule has 2 aromatic carbocycles. The standard InChI is InChI=1S/C22H23N3O2/c1-3-27-20-11-7-6-10-19(20)25-22(26)18-12-13-21(24-15-18)23-14-17-9-5-4-8-16(17)2/h4-13,15H,3,14H2,1-2H3,(H,23,24)(H,25,26). The summed E-state index contributed by atoms with van der Waals surface area (Å²) in [5.41, 5.74) is 3.58. The van der Waals surface area contributed by atoms with Crippen molar-refractivity contribution < 1.29 is 9.53 Å². The summed E-state index contributed by atoms with van der Waals surface area (Å²) in [5, 5.41) is 6.15. The number of pyridine rings is 1. The zero-order valence-electron chi connectivity index (χ0n) is 15.5. The molecule has 0 aliphatic rings. The largest absolute Gasteiger partial charge is 0.492 e. The molecule has 138 valence electrons. The highest BCUT2D eigenvalue weighted by Gasteiger charge is 2.10. The Morgan fingerprint density at radius 2 is 1.81 bits per heavy atom. The number of hydrogen-bond acceptors (Lipinski definition) is 4. The van der Waals surface area contributed by atoms with Crippen molar-refractivity contribution in [2.45, 2.75) is 20.4 Å². The van der Waals surface area contributed by atoms with Crippen molar-refractivity contribution in [1.29, 1.82) is 0 Å². The van der Waals surface area contributed by atoms with Crippen LogP contribution in [0.4, 0.5) is 11.5 Å². The number of aryl methyl sites for hydroxylation is 1. The number of aromatic nitrogens is 1. The molecular formula is C22H23N3O2. The second-order valence-electron chi connectivity index (χ2n) is 6.10. The van der Waals surface area contributed by atoms with Gasteiger partial charge < -0.3 is 15.4 Å². The van der Waals surface area contributed by atoms with Gasteiger partial charge in [-0.1, -0.05) is 36.4 Å². The minimum atomic E-state index is -0.222. The molecule has 0 aliphatic heterocycles. The summed E-state index contributed by atoms with van der Waals surface area (Å²) in [6.07, 6.45) is 1.57. The number of rotatable bonds is 7. The normalized spacial score (nSPS) is 10.3. The second kappa shape index (κ2) is 8.85. The quantitative estimate of drug-likeness (QED) is 0.643. The number of ether oxygens (including phenoxy) is 1. The molecule has 0 atom stereocenters. The van der Waals surface area contributed by atoms with E-state index >= 15 is 0 Å². The molecule has 0 radical (unpaired) electrons. The molecule has 1 amide bonds. The molecule has 1 aromatic heterocycles. The molecule has 0 saturated carbocycles. The van der Waals surface area contributed by atoms with Gasteiger partial charge in [-0.05, 0) is 49.2 Å². The Morgan fingerprint density at radius 3 is 2.56 bits per heavy atom. The number of hydrogen-bond donors (Lipinski definition) is 2. The molecule has 0 saturated heterocycles. The Morgan fingerprint density at radius 1 is 1.04 bits per heavy atom. The second-order valence-corrected chi connectivity index (χ2v) is 6.10. The molecule has 0 unspecified atom stereocenters. The van der Waals surface area contributed by atoms with Gasteiger partial charge in [0.05, 0.1) is 17.9 Å². The van der Waals surface area contributed by atoms with E-state index in [-0.39, 0.29) is 5.91 Å². The van der Waals surface area contributed by atoms with Crippen LogP contribution in [0.25, 0.3) is 0 Å². The van der Waals surface area contributed by atoms with Gasteiger partial charge in [0.25, 0.3) is 5.91 Å². The number of carbonyl (C=O) groups is 1. The lowest BCUT2D eigenvalue weighted by Gasteiger charge is -2.11. The van der Waals surface area contributed by atoms with Gasteiger partial charge in [-0.2, -0.15) is 0 Å². The molecular weight excluding hydrogens is 338 g/mol. The summed E-state index contributed by atoms with van der Waals surface area (Å²) in [4.78, 5) is 16.8. The van der Waals surface area contributed by atoms with Crippen molar-refractivity contribution in [3.8, 4) is 5.75 Å². The maximum Gasteiger partial charge on any atom is 0.257 e. The van der Waals surface area contributed by atoms with Gasteiger partial charge in [0, 0.05) is 12.7 Å². The van der Waals surface area contributed by atoms with Crippen LogP contribution in [-0.2, 0) is 6.54 Å². The third kappa shape index (κ3) is 4.85. The van der Waals surface area contributed by atoms with Crippen LogP contribution < -0.4 is 15.4 Å². The minimum absolute atomic E-state index is 0.222. The summed E-state index contributed by atoms with van der Waals surface area (Å²) in [6.45, 7) is 5.21. The molecule has 0 aliphatic carbocycles. The van der Waals surface area contributed by atoms with Gasteiger partial charge in [-0.15, -0.1) is 0 Å². The predicted octanol–water partition coefficient (Wildman–Crippen LogP) is 4.65. The number of nitrogens with one attached hydrogen (secondary N) is 2. The molecule has 5 nitrogen and oxygen atoms in total. The highest BCUT2D eigenvalue weighted by molar-refractivity contribution is 6.04. The lowest BCUT2D eigenvalue weighted by molar-refractivity contribution is 0.102. The monoisotopic (exact) mass is 361 g/mol. The zero-order valence-corrected chi connectivity index (χ0v) is 15.5. The molecule has 3 aromatic rings. The Labute approximate surface area is 159 Å². The van der Waals surface area contributed by atoms with E-state index in [2.05, 4.69) is 34.7 Å². The van der Waals surface area contributed by atoms with Crippen LogP contribution in [-0.4, -0.2) is 17.5 Å². The first-order valence-corrected chi connectivity index (χ1v) is 8.95. The van der Waals surface area contributed by atoms with E-state index in [1.165, 1.54) is 11.1 Å². The van der Waals surface area contributed by atoms with Crippen molar-refractivity contribution in [3.63, 3.8) is 0 Å². The number of anilines is 2. The molecule has 5 heteroatoms. The van der Waals surface area contributed by atoms with Gasteiger partial charge in [0.1, 0.15) is 11.6 Å². The highest BCUT2D eigenvalue weighted by Crippen LogP contribution is 2.24. The van der Waals surface area contributed by atoms with E-state index in [1.54, 1.807) is 12.3 Å². The summed E-state index contributed by atoms with van der Waals surface area (Å²) < 4.78 is 5.54. The summed E-state index contributed by atoms with van der Waals surface area (Å²) in [5.74, 6) is 1.16. The van der Waals surface area contributed by atoms with E-state index in [4.69, 9.17) is 4.74 Å². The van der Waals surface area contributed by atoms with E-state index in [0.29, 0.717) is 30.2 Å². The molecule has 3 rings (SSSR count). The number of amides is 1. The fourth-order valence-electron chi connectivity index (χ4n) is 2.67. The smallest absolute Gasteiger partial charge is 0.257 e. The van der Waals surface area contributed by atoms with Crippen molar-refractivity contribution in [2.75, 3.05) is 17.2 Å². The molecule has 27 heavy (non-hydrogen) atoms. The lowest BCUT2D eigenvalue weighted by Crippen LogP contribution is -2.13. The van der Waals surface area contributed by atoms with Crippen LogP contribution in [0.3, 0.4) is 0 Å². The summed E-state index contributed by atoms with van der Waals surface area (Å²) in [6, 6.07) is 19.1. The topological polar surface area (TPSA) is 63.2 Å². The number of carbonyl (C=O) groups excluding carboxylic acids is 1. The average Bonchev–Trinajstić information content (AvgIpc) is 2.69. The Hall–Kier alpha value is -3.34. The van der Waals surface area contributed by atoms with E-state index in [9.17, 15) is 4.79 Å². The summed E-state index contributed by atoms with van der Waals surface area (Å²) >= 11 is 0. The number of benzene rings is 2. The SMILES string of the molecule is CCOc1ccccc1NC(=O)c1ccc(NCc2ccccc2C)nc1. The number of nitrogens with zero attached hydrogens (tertiary/aromatic N) is 1. The van der Waals surface area contributed by atoms with Gasteiger partial charge in [-0.3, -0.25) is 4.79 Å². The molecule has 1 heterocycles. The molecule has 0 bridgehead atoms. The fourth-order valence-corrected chi connectivity index (χ4v) is 2.67. The third-order valence-corrected chi connectivity index (χ3v) is 4.18. The molecule has 0 spiro atoms. The molecule has 0 fully saturated rings. The van der Waals surface area contributed by atoms with Crippen molar-refractivity contribution in [1.82, 2.24) is 4.98 Å². The minimum Gasteiger partial charge on any atom is -0.492 e. The highest BCUT2D eigenvalue weighted by atomic mass is 16.5. The first-order valence-electron chi connectivity index (χ1n) is 8.95. The van der Waals surface area contributed by atoms with Gasteiger partial charge in [-0.25, -0.2) is 4.98 Å². The Balaban J connectivity index is 1.63. The van der Waals surface area contributed by atoms with Crippen molar-refractivity contribution >= 4 is 17.4 Å². The zero-order chi connectivity index (χ0) is 19.1. The number of para-hydroxylation sites is 2. The van der Waals surface area contributed by atoms with Crippen LogP contribution in [0.2, 0.25) is 0 Å².